The van der Waals surface area contributed by atoms with Crippen LogP contribution in [0.5, 0.6) is 0 Å². The normalized spacial score (nSPS) is 18.6. The van der Waals surface area contributed by atoms with Crippen LogP contribution in [-0.4, -0.2) is 33.8 Å². The van der Waals surface area contributed by atoms with Crippen LogP contribution in [0, 0.1) is 5.92 Å². The summed E-state index contributed by atoms with van der Waals surface area (Å²) in [6, 6.07) is 8.41. The molecule has 0 radical (unpaired) electrons. The van der Waals surface area contributed by atoms with Gasteiger partial charge < -0.3 is 10.6 Å². The molecule has 8 heteroatoms. The Kier molecular flexibility index (Phi) is 6.49. The summed E-state index contributed by atoms with van der Waals surface area (Å²) < 4.78 is 1.78. The van der Waals surface area contributed by atoms with Gasteiger partial charge in [-0.15, -0.1) is 23.7 Å². The lowest BCUT2D eigenvalue weighted by Gasteiger charge is -2.15. The third kappa shape index (κ3) is 4.27. The van der Waals surface area contributed by atoms with E-state index in [1.807, 2.05) is 24.8 Å². The third-order valence-corrected chi connectivity index (χ3v) is 5.85. The maximum Gasteiger partial charge on any atom is 0.231 e. The molecule has 1 amide bonds. The van der Waals surface area contributed by atoms with Crippen molar-refractivity contribution in [2.75, 3.05) is 18.4 Å². The van der Waals surface area contributed by atoms with Crippen LogP contribution in [0.15, 0.2) is 42.0 Å². The van der Waals surface area contributed by atoms with E-state index >= 15 is 0 Å². The van der Waals surface area contributed by atoms with Crippen molar-refractivity contribution in [3.63, 3.8) is 0 Å². The minimum Gasteiger partial charge on any atom is -0.315 e. The summed E-state index contributed by atoms with van der Waals surface area (Å²) in [5, 5.41) is 13.2. The fourth-order valence-electron chi connectivity index (χ4n) is 3.51. The molecular formula is C20H24ClN5OS. The van der Waals surface area contributed by atoms with Crippen molar-refractivity contribution in [1.82, 2.24) is 20.1 Å². The zero-order chi connectivity index (χ0) is 18.8. The van der Waals surface area contributed by atoms with Crippen LogP contribution in [0.2, 0.25) is 0 Å². The van der Waals surface area contributed by atoms with Crippen LogP contribution in [0.4, 0.5) is 5.13 Å². The van der Waals surface area contributed by atoms with Crippen LogP contribution in [0.25, 0.3) is 11.3 Å². The van der Waals surface area contributed by atoms with E-state index in [-0.39, 0.29) is 30.2 Å². The lowest BCUT2D eigenvalue weighted by atomic mass is 9.90. The van der Waals surface area contributed by atoms with Crippen molar-refractivity contribution in [2.45, 2.75) is 19.3 Å². The molecule has 28 heavy (non-hydrogen) atoms. The highest BCUT2D eigenvalue weighted by molar-refractivity contribution is 7.14. The van der Waals surface area contributed by atoms with E-state index < -0.39 is 0 Å². The van der Waals surface area contributed by atoms with E-state index in [1.54, 1.807) is 4.68 Å². The van der Waals surface area contributed by atoms with Gasteiger partial charge in [-0.2, -0.15) is 5.10 Å². The van der Waals surface area contributed by atoms with Gasteiger partial charge in [0.15, 0.2) is 5.13 Å². The third-order valence-electron chi connectivity index (χ3n) is 5.10. The Hall–Kier alpha value is -2.22. The van der Waals surface area contributed by atoms with Crippen molar-refractivity contribution in [2.24, 2.45) is 13.0 Å². The molecule has 2 N–H and O–H groups in total. The number of benzene rings is 1. The van der Waals surface area contributed by atoms with Crippen molar-refractivity contribution < 1.29 is 4.79 Å². The van der Waals surface area contributed by atoms with Gasteiger partial charge in [0.2, 0.25) is 5.91 Å². The van der Waals surface area contributed by atoms with Gasteiger partial charge >= 0.3 is 0 Å². The molecule has 4 rings (SSSR count). The maximum absolute atomic E-state index is 12.8. The lowest BCUT2D eigenvalue weighted by Crippen LogP contribution is -2.28. The minimum atomic E-state index is -0.120. The molecule has 2 aromatic heterocycles. The standard InChI is InChI=1S/C20H23N5OS.ClH/c1-3-13-4-6-14(7-5-13)18-12-27-20(23-18)24-19(26)17-10-21-9-16(17)15-8-22-25(2)11-15;/h4-8,11-12,16-17,21H,3,9-10H2,1-2H3,(H,23,24,26);1H/t16-,17+;/m1./s1. The van der Waals surface area contributed by atoms with E-state index in [1.165, 1.54) is 16.9 Å². The van der Waals surface area contributed by atoms with Crippen LogP contribution in [0.3, 0.4) is 0 Å². The highest BCUT2D eigenvalue weighted by atomic mass is 35.5. The van der Waals surface area contributed by atoms with Crippen molar-refractivity contribution in [3.05, 3.63) is 53.2 Å². The fourth-order valence-corrected chi connectivity index (χ4v) is 4.23. The van der Waals surface area contributed by atoms with Gasteiger partial charge in [0.25, 0.3) is 0 Å². The Morgan fingerprint density at radius 3 is 2.79 bits per heavy atom. The summed E-state index contributed by atoms with van der Waals surface area (Å²) in [6.45, 7) is 3.60. The molecule has 0 bridgehead atoms. The monoisotopic (exact) mass is 417 g/mol. The molecule has 1 aliphatic rings. The van der Waals surface area contributed by atoms with Gasteiger partial charge in [-0.25, -0.2) is 4.98 Å². The van der Waals surface area contributed by atoms with Gasteiger partial charge in [0, 0.05) is 43.2 Å². The number of aromatic nitrogens is 3. The molecule has 1 saturated heterocycles. The van der Waals surface area contributed by atoms with Gasteiger partial charge in [0.05, 0.1) is 17.8 Å². The lowest BCUT2D eigenvalue weighted by molar-refractivity contribution is -0.119. The SMILES string of the molecule is CCc1ccc(-c2csc(NC(=O)[C@H]3CNC[C@@H]3c3cnn(C)c3)n2)cc1.Cl. The number of rotatable bonds is 5. The van der Waals surface area contributed by atoms with E-state index in [0.29, 0.717) is 11.7 Å². The number of hydrogen-bond acceptors (Lipinski definition) is 5. The van der Waals surface area contributed by atoms with Crippen molar-refractivity contribution >= 4 is 34.8 Å². The first-order valence-electron chi connectivity index (χ1n) is 9.19. The number of carbonyl (C=O) groups excluding carboxylic acids is 1. The number of halogens is 1. The highest BCUT2D eigenvalue weighted by Crippen LogP contribution is 2.30. The van der Waals surface area contributed by atoms with E-state index in [0.717, 1.165) is 29.8 Å². The summed E-state index contributed by atoms with van der Waals surface area (Å²) in [5.74, 6) is 0.0289. The summed E-state index contributed by atoms with van der Waals surface area (Å²) >= 11 is 1.46. The van der Waals surface area contributed by atoms with Crippen LogP contribution >= 0.6 is 23.7 Å². The van der Waals surface area contributed by atoms with E-state index in [2.05, 4.69) is 51.9 Å². The van der Waals surface area contributed by atoms with Gasteiger partial charge in [-0.05, 0) is 17.5 Å². The first kappa shape index (κ1) is 20.5. The predicted octanol–water partition coefficient (Wildman–Crippen LogP) is 3.47. The summed E-state index contributed by atoms with van der Waals surface area (Å²) in [5.41, 5.74) is 4.36. The number of nitrogens with zero attached hydrogens (tertiary/aromatic N) is 3. The molecule has 3 aromatic rings. The van der Waals surface area contributed by atoms with E-state index in [4.69, 9.17) is 0 Å². The van der Waals surface area contributed by atoms with Crippen LogP contribution in [-0.2, 0) is 18.3 Å². The first-order valence-corrected chi connectivity index (χ1v) is 10.1. The highest BCUT2D eigenvalue weighted by Gasteiger charge is 2.35. The molecule has 6 nitrogen and oxygen atoms in total. The first-order chi connectivity index (χ1) is 13.1. The molecule has 1 aliphatic heterocycles. The minimum absolute atomic E-state index is 0. The molecule has 148 valence electrons. The van der Waals surface area contributed by atoms with Gasteiger partial charge in [-0.3, -0.25) is 9.48 Å². The Morgan fingerprint density at radius 2 is 2.11 bits per heavy atom. The molecule has 3 heterocycles. The molecule has 0 aliphatic carbocycles. The Balaban J connectivity index is 0.00000225. The molecule has 2 atom stereocenters. The average Bonchev–Trinajstić information content (AvgIpc) is 3.42. The second-order valence-electron chi connectivity index (χ2n) is 6.90. The second kappa shape index (κ2) is 8.86. The number of thiazole rings is 1. The average molecular weight is 418 g/mol. The molecule has 1 aromatic carbocycles. The molecule has 0 saturated carbocycles. The Morgan fingerprint density at radius 1 is 1.32 bits per heavy atom. The van der Waals surface area contributed by atoms with Gasteiger partial charge in [-0.1, -0.05) is 31.2 Å². The van der Waals surface area contributed by atoms with Crippen molar-refractivity contribution in [1.29, 1.82) is 0 Å². The van der Waals surface area contributed by atoms with Crippen LogP contribution in [0.1, 0.15) is 24.0 Å². The predicted molar refractivity (Wildman–Crippen MR) is 115 cm³/mol. The number of anilines is 1. The van der Waals surface area contributed by atoms with Gasteiger partial charge in [0.1, 0.15) is 0 Å². The zero-order valence-electron chi connectivity index (χ0n) is 15.9. The fraction of sp³-hybridized carbons (Fsp3) is 0.350. The Bertz CT molecular complexity index is 936. The summed E-state index contributed by atoms with van der Waals surface area (Å²) in [4.78, 5) is 17.4. The number of amides is 1. The number of nitrogens with one attached hydrogen (secondary N) is 2. The summed E-state index contributed by atoms with van der Waals surface area (Å²) in [6.07, 6.45) is 4.85. The smallest absolute Gasteiger partial charge is 0.231 e. The van der Waals surface area contributed by atoms with Crippen LogP contribution < -0.4 is 10.6 Å². The molecule has 1 fully saturated rings. The quantitative estimate of drug-likeness (QED) is 0.666. The number of hydrogen-bond donors (Lipinski definition) is 2. The number of carbonyl (C=O) groups is 1. The van der Waals surface area contributed by atoms with Crippen molar-refractivity contribution in [3.8, 4) is 11.3 Å². The maximum atomic E-state index is 12.8. The topological polar surface area (TPSA) is 71.8 Å². The second-order valence-corrected chi connectivity index (χ2v) is 7.75. The van der Waals surface area contributed by atoms with E-state index in [9.17, 15) is 4.79 Å². The Labute approximate surface area is 174 Å². The molecular weight excluding hydrogens is 394 g/mol. The summed E-state index contributed by atoms with van der Waals surface area (Å²) in [7, 11) is 1.89. The zero-order valence-corrected chi connectivity index (χ0v) is 17.5. The molecule has 0 spiro atoms. The number of aryl methyl sites for hydroxylation is 2. The molecule has 0 unspecified atom stereocenters. The largest absolute Gasteiger partial charge is 0.315 e.